The van der Waals surface area contributed by atoms with Gasteiger partial charge in [0.15, 0.2) is 0 Å². The molecule has 0 amide bonds. The van der Waals surface area contributed by atoms with Gasteiger partial charge in [-0.3, -0.25) is 0 Å². The lowest BCUT2D eigenvalue weighted by Gasteiger charge is -2.43. The van der Waals surface area contributed by atoms with Crippen molar-refractivity contribution >= 4 is 11.8 Å². The predicted molar refractivity (Wildman–Crippen MR) is 113 cm³/mol. The van der Waals surface area contributed by atoms with E-state index < -0.39 is 0 Å². The SMILES string of the molecule is CCCC[C@@]1(CC)CSC2=CC=CC3=CNCC32[C@H](c2ccccc2)N1. The molecule has 3 atom stereocenters. The van der Waals surface area contributed by atoms with Crippen LogP contribution in [0.3, 0.4) is 0 Å². The van der Waals surface area contributed by atoms with Crippen molar-refractivity contribution in [2.24, 2.45) is 5.41 Å². The Morgan fingerprint density at radius 2 is 2.04 bits per heavy atom. The van der Waals surface area contributed by atoms with E-state index >= 15 is 0 Å². The van der Waals surface area contributed by atoms with Gasteiger partial charge in [0, 0.05) is 30.1 Å². The first-order valence-electron chi connectivity index (χ1n) is 10.0. The summed E-state index contributed by atoms with van der Waals surface area (Å²) >= 11 is 2.08. The molecule has 1 saturated heterocycles. The lowest BCUT2D eigenvalue weighted by atomic mass is 9.69. The summed E-state index contributed by atoms with van der Waals surface area (Å²) in [6, 6.07) is 11.4. The minimum absolute atomic E-state index is 0.0178. The molecule has 1 spiro atoms. The van der Waals surface area contributed by atoms with E-state index in [1.54, 1.807) is 0 Å². The fraction of sp³-hybridized carbons (Fsp3) is 0.478. The van der Waals surface area contributed by atoms with Gasteiger partial charge in [-0.05, 0) is 28.9 Å². The largest absolute Gasteiger partial charge is 0.389 e. The van der Waals surface area contributed by atoms with E-state index in [2.05, 4.69) is 91.0 Å². The summed E-state index contributed by atoms with van der Waals surface area (Å²) in [6.45, 7) is 5.63. The maximum Gasteiger partial charge on any atom is 0.0642 e. The molecule has 1 unspecified atom stereocenters. The summed E-state index contributed by atoms with van der Waals surface area (Å²) in [7, 11) is 0. The van der Waals surface area contributed by atoms with Gasteiger partial charge in [-0.15, -0.1) is 11.8 Å². The standard InChI is InChI=1S/C23H30N2S/c1-3-5-14-22(4-2)17-26-20-13-9-12-19-15-24-16-23(19,20)21(25-22)18-10-7-6-8-11-18/h6-13,15,21,24-25H,3-5,14,16-17H2,1-2H3/t21-,22-,23?/m0/s1. The topological polar surface area (TPSA) is 24.1 Å². The Bertz CT molecular complexity index is 736. The van der Waals surface area contributed by atoms with Crippen molar-refractivity contribution in [1.82, 2.24) is 10.6 Å². The van der Waals surface area contributed by atoms with E-state index in [0.29, 0.717) is 6.04 Å². The monoisotopic (exact) mass is 366 g/mol. The van der Waals surface area contributed by atoms with E-state index in [4.69, 9.17) is 0 Å². The summed E-state index contributed by atoms with van der Waals surface area (Å²) < 4.78 is 0. The molecule has 1 aromatic rings. The smallest absolute Gasteiger partial charge is 0.0642 e. The van der Waals surface area contributed by atoms with Crippen LogP contribution in [0.25, 0.3) is 0 Å². The first-order chi connectivity index (χ1) is 12.7. The average molecular weight is 367 g/mol. The quantitative estimate of drug-likeness (QED) is 0.736. The average Bonchev–Trinajstić information content (AvgIpc) is 3.07. The molecular weight excluding hydrogens is 336 g/mol. The Balaban J connectivity index is 1.82. The van der Waals surface area contributed by atoms with E-state index in [1.807, 2.05) is 0 Å². The second kappa shape index (κ2) is 7.28. The maximum absolute atomic E-state index is 4.22. The van der Waals surface area contributed by atoms with Crippen LogP contribution in [0.15, 0.2) is 65.2 Å². The number of allylic oxidation sites excluding steroid dienone is 3. The number of benzene rings is 1. The molecule has 0 aromatic heterocycles. The third kappa shape index (κ3) is 2.86. The lowest BCUT2D eigenvalue weighted by Crippen LogP contribution is -2.52. The molecule has 0 radical (unpaired) electrons. The predicted octanol–water partition coefficient (Wildman–Crippen LogP) is 5.33. The van der Waals surface area contributed by atoms with Crippen LogP contribution in [0, 0.1) is 5.41 Å². The Hall–Kier alpha value is -1.45. The Labute approximate surface area is 162 Å². The molecule has 1 aromatic carbocycles. The molecule has 3 aliphatic rings. The number of nitrogens with one attached hydrogen (secondary N) is 2. The summed E-state index contributed by atoms with van der Waals surface area (Å²) in [4.78, 5) is 1.52. The number of hydrogen-bond donors (Lipinski definition) is 2. The van der Waals surface area contributed by atoms with Crippen LogP contribution in [0.1, 0.15) is 51.1 Å². The highest BCUT2D eigenvalue weighted by Crippen LogP contribution is 2.57. The van der Waals surface area contributed by atoms with Gasteiger partial charge in [0.1, 0.15) is 0 Å². The van der Waals surface area contributed by atoms with Gasteiger partial charge in [0.25, 0.3) is 0 Å². The molecule has 0 bridgehead atoms. The third-order valence-corrected chi connectivity index (χ3v) is 7.89. The van der Waals surface area contributed by atoms with Crippen LogP contribution in [0.4, 0.5) is 0 Å². The minimum atomic E-state index is 0.0178. The molecular formula is C23H30N2S. The van der Waals surface area contributed by atoms with Gasteiger partial charge in [0.2, 0.25) is 0 Å². The summed E-state index contributed by atoms with van der Waals surface area (Å²) in [5.41, 5.74) is 3.04. The van der Waals surface area contributed by atoms with E-state index in [-0.39, 0.29) is 11.0 Å². The number of thioether (sulfide) groups is 1. The summed E-state index contributed by atoms with van der Waals surface area (Å²) in [6.07, 6.45) is 14.1. The van der Waals surface area contributed by atoms with Crippen molar-refractivity contribution < 1.29 is 0 Å². The zero-order valence-corrected chi connectivity index (χ0v) is 16.7. The molecule has 138 valence electrons. The third-order valence-electron chi connectivity index (χ3n) is 6.38. The van der Waals surface area contributed by atoms with Crippen molar-refractivity contribution in [3.05, 3.63) is 70.8 Å². The van der Waals surface area contributed by atoms with Crippen LogP contribution in [0.5, 0.6) is 0 Å². The Kier molecular flexibility index (Phi) is 5.02. The highest BCUT2D eigenvalue weighted by molar-refractivity contribution is 8.03. The Morgan fingerprint density at radius 3 is 2.81 bits per heavy atom. The van der Waals surface area contributed by atoms with Gasteiger partial charge in [-0.1, -0.05) is 75.2 Å². The lowest BCUT2D eigenvalue weighted by molar-refractivity contribution is 0.221. The minimum Gasteiger partial charge on any atom is -0.389 e. The van der Waals surface area contributed by atoms with Crippen molar-refractivity contribution in [2.75, 3.05) is 12.3 Å². The molecule has 2 nitrogen and oxygen atoms in total. The van der Waals surface area contributed by atoms with Crippen molar-refractivity contribution in [1.29, 1.82) is 0 Å². The summed E-state index contributed by atoms with van der Waals surface area (Å²) in [5, 5.41) is 7.78. The first-order valence-corrected chi connectivity index (χ1v) is 11.0. The van der Waals surface area contributed by atoms with Gasteiger partial charge in [-0.2, -0.15) is 0 Å². The second-order valence-electron chi connectivity index (χ2n) is 7.86. The van der Waals surface area contributed by atoms with E-state index in [0.717, 1.165) is 12.3 Å². The van der Waals surface area contributed by atoms with Crippen molar-refractivity contribution in [3.8, 4) is 0 Å². The molecule has 1 fully saturated rings. The number of unbranched alkanes of at least 4 members (excludes halogenated alkanes) is 1. The fourth-order valence-corrected chi connectivity index (χ4v) is 6.30. The van der Waals surface area contributed by atoms with Crippen molar-refractivity contribution in [3.63, 3.8) is 0 Å². The van der Waals surface area contributed by atoms with Gasteiger partial charge >= 0.3 is 0 Å². The Morgan fingerprint density at radius 1 is 1.19 bits per heavy atom. The maximum atomic E-state index is 4.22. The van der Waals surface area contributed by atoms with Crippen LogP contribution < -0.4 is 10.6 Å². The number of rotatable bonds is 5. The summed E-state index contributed by atoms with van der Waals surface area (Å²) in [5.74, 6) is 1.15. The van der Waals surface area contributed by atoms with Crippen LogP contribution >= 0.6 is 11.8 Å². The number of hydrogen-bond acceptors (Lipinski definition) is 3. The molecule has 4 rings (SSSR count). The molecule has 26 heavy (non-hydrogen) atoms. The van der Waals surface area contributed by atoms with Gasteiger partial charge in [-0.25, -0.2) is 0 Å². The van der Waals surface area contributed by atoms with Crippen LogP contribution in [-0.4, -0.2) is 17.8 Å². The molecule has 2 aliphatic heterocycles. The molecule has 1 aliphatic carbocycles. The van der Waals surface area contributed by atoms with Crippen LogP contribution in [0.2, 0.25) is 0 Å². The van der Waals surface area contributed by atoms with Gasteiger partial charge in [0.05, 0.1) is 5.41 Å². The van der Waals surface area contributed by atoms with Gasteiger partial charge < -0.3 is 10.6 Å². The highest BCUT2D eigenvalue weighted by Gasteiger charge is 2.52. The first kappa shape index (κ1) is 17.9. The van der Waals surface area contributed by atoms with Crippen LogP contribution in [-0.2, 0) is 0 Å². The zero-order valence-electron chi connectivity index (χ0n) is 15.9. The fourth-order valence-electron chi connectivity index (χ4n) is 4.70. The molecule has 0 saturated carbocycles. The zero-order chi connectivity index (χ0) is 18.0. The van der Waals surface area contributed by atoms with E-state index in [1.165, 1.54) is 41.7 Å². The highest BCUT2D eigenvalue weighted by atomic mass is 32.2. The van der Waals surface area contributed by atoms with E-state index in [9.17, 15) is 0 Å². The molecule has 2 heterocycles. The normalized spacial score (nSPS) is 32.8. The van der Waals surface area contributed by atoms with Crippen molar-refractivity contribution in [2.45, 2.75) is 51.1 Å². The second-order valence-corrected chi connectivity index (χ2v) is 8.87. The molecule has 3 heteroatoms. The molecule has 2 N–H and O–H groups in total.